The van der Waals surface area contributed by atoms with Crippen LogP contribution in [0.15, 0.2) is 24.3 Å². The number of nitrogens with zero attached hydrogens (tertiary/aromatic N) is 3. The van der Waals surface area contributed by atoms with Gasteiger partial charge in [0.05, 0.1) is 19.0 Å². The van der Waals surface area contributed by atoms with Crippen LogP contribution in [0.25, 0.3) is 0 Å². The van der Waals surface area contributed by atoms with Gasteiger partial charge in [0.2, 0.25) is 5.91 Å². The molecule has 4 heteroatoms. The molecule has 4 nitrogen and oxygen atoms in total. The lowest BCUT2D eigenvalue weighted by Crippen LogP contribution is -2.48. The number of rotatable bonds is 2. The predicted octanol–water partition coefficient (Wildman–Crippen LogP) is 1.03. The van der Waals surface area contributed by atoms with Gasteiger partial charge < -0.3 is 9.80 Å². The molecule has 1 aromatic carbocycles. The molecule has 0 atom stereocenters. The lowest BCUT2D eigenvalue weighted by Gasteiger charge is -2.34. The van der Waals surface area contributed by atoms with Gasteiger partial charge in [0, 0.05) is 25.8 Å². The van der Waals surface area contributed by atoms with Gasteiger partial charge in [-0.25, -0.2) is 0 Å². The fourth-order valence-corrected chi connectivity index (χ4v) is 2.02. The third-order valence-corrected chi connectivity index (χ3v) is 3.06. The van der Waals surface area contributed by atoms with E-state index < -0.39 is 0 Å². The van der Waals surface area contributed by atoms with E-state index in [0.29, 0.717) is 13.0 Å². The first-order valence-electron chi connectivity index (χ1n) is 5.66. The molecule has 0 spiro atoms. The molecule has 0 saturated carbocycles. The zero-order valence-corrected chi connectivity index (χ0v) is 9.89. The molecule has 2 rings (SSSR count). The SMILES string of the molecule is CN1CCN(c2ccccc2CC#N)CC1=O. The van der Waals surface area contributed by atoms with E-state index >= 15 is 0 Å². The average molecular weight is 229 g/mol. The summed E-state index contributed by atoms with van der Waals surface area (Å²) in [6.45, 7) is 1.96. The number of carbonyl (C=O) groups excluding carboxylic acids is 1. The number of hydrogen-bond acceptors (Lipinski definition) is 3. The number of nitriles is 1. The molecule has 1 fully saturated rings. The van der Waals surface area contributed by atoms with Crippen LogP contribution in [0, 0.1) is 11.3 Å². The predicted molar refractivity (Wildman–Crippen MR) is 65.6 cm³/mol. The minimum absolute atomic E-state index is 0.128. The van der Waals surface area contributed by atoms with Crippen LogP contribution >= 0.6 is 0 Å². The molecule has 1 aliphatic rings. The van der Waals surface area contributed by atoms with E-state index in [9.17, 15) is 4.79 Å². The lowest BCUT2D eigenvalue weighted by molar-refractivity contribution is -0.129. The minimum Gasteiger partial charge on any atom is -0.360 e. The Morgan fingerprint density at radius 3 is 2.82 bits per heavy atom. The molecule has 17 heavy (non-hydrogen) atoms. The molecule has 1 aromatic rings. The fraction of sp³-hybridized carbons (Fsp3) is 0.385. The van der Waals surface area contributed by atoms with Crippen LogP contribution in [-0.2, 0) is 11.2 Å². The Hall–Kier alpha value is -2.02. The van der Waals surface area contributed by atoms with Crippen molar-refractivity contribution in [1.29, 1.82) is 5.26 Å². The summed E-state index contributed by atoms with van der Waals surface area (Å²) in [5.41, 5.74) is 2.00. The molecule has 1 aliphatic heterocycles. The van der Waals surface area contributed by atoms with Gasteiger partial charge in [-0.3, -0.25) is 4.79 Å². The summed E-state index contributed by atoms with van der Waals surface area (Å²) in [7, 11) is 1.82. The first kappa shape index (κ1) is 11.5. The largest absolute Gasteiger partial charge is 0.360 e. The minimum atomic E-state index is 0.128. The van der Waals surface area contributed by atoms with Crippen molar-refractivity contribution in [3.8, 4) is 6.07 Å². The van der Waals surface area contributed by atoms with Crippen molar-refractivity contribution in [2.24, 2.45) is 0 Å². The van der Waals surface area contributed by atoms with Crippen molar-refractivity contribution in [1.82, 2.24) is 4.90 Å². The van der Waals surface area contributed by atoms with Crippen molar-refractivity contribution in [3.05, 3.63) is 29.8 Å². The van der Waals surface area contributed by atoms with Crippen molar-refractivity contribution in [2.75, 3.05) is 31.6 Å². The molecular formula is C13H15N3O. The molecule has 1 saturated heterocycles. The van der Waals surface area contributed by atoms with E-state index in [2.05, 4.69) is 11.0 Å². The number of benzene rings is 1. The Labute approximate surface area is 101 Å². The Balaban J connectivity index is 2.23. The molecule has 1 heterocycles. The van der Waals surface area contributed by atoms with Crippen LogP contribution in [0.4, 0.5) is 5.69 Å². The maximum absolute atomic E-state index is 11.7. The van der Waals surface area contributed by atoms with Gasteiger partial charge in [0.1, 0.15) is 0 Å². The highest BCUT2D eigenvalue weighted by molar-refractivity contribution is 5.83. The Morgan fingerprint density at radius 1 is 1.35 bits per heavy atom. The van der Waals surface area contributed by atoms with Crippen LogP contribution in [0.2, 0.25) is 0 Å². The summed E-state index contributed by atoms with van der Waals surface area (Å²) in [5.74, 6) is 0.128. The Kier molecular flexibility index (Phi) is 3.29. The van der Waals surface area contributed by atoms with E-state index in [1.807, 2.05) is 31.3 Å². The second-order valence-electron chi connectivity index (χ2n) is 4.20. The van der Waals surface area contributed by atoms with Gasteiger partial charge in [-0.1, -0.05) is 18.2 Å². The van der Waals surface area contributed by atoms with Gasteiger partial charge in [0.25, 0.3) is 0 Å². The molecule has 0 aromatic heterocycles. The van der Waals surface area contributed by atoms with Gasteiger partial charge >= 0.3 is 0 Å². The molecular weight excluding hydrogens is 214 g/mol. The number of piperazine rings is 1. The molecule has 0 aliphatic carbocycles. The van der Waals surface area contributed by atoms with E-state index in [4.69, 9.17) is 5.26 Å². The van der Waals surface area contributed by atoms with Gasteiger partial charge in [-0.2, -0.15) is 5.26 Å². The highest BCUT2D eigenvalue weighted by atomic mass is 16.2. The lowest BCUT2D eigenvalue weighted by atomic mass is 10.1. The quantitative estimate of drug-likeness (QED) is 0.761. The number of para-hydroxylation sites is 1. The van der Waals surface area contributed by atoms with Crippen molar-refractivity contribution >= 4 is 11.6 Å². The van der Waals surface area contributed by atoms with E-state index in [1.165, 1.54) is 0 Å². The summed E-state index contributed by atoms with van der Waals surface area (Å²) in [6.07, 6.45) is 0.386. The summed E-state index contributed by atoms with van der Waals surface area (Å²) < 4.78 is 0. The van der Waals surface area contributed by atoms with Crippen LogP contribution in [0.1, 0.15) is 5.56 Å². The fourth-order valence-electron chi connectivity index (χ4n) is 2.02. The molecule has 0 unspecified atom stereocenters. The third kappa shape index (κ3) is 2.39. The van der Waals surface area contributed by atoms with Gasteiger partial charge in [-0.15, -0.1) is 0 Å². The standard InChI is InChI=1S/C13H15N3O/c1-15-8-9-16(10-13(15)17)12-5-3-2-4-11(12)6-7-14/h2-5H,6,8-10H2,1H3. The third-order valence-electron chi connectivity index (χ3n) is 3.06. The van der Waals surface area contributed by atoms with Crippen molar-refractivity contribution in [3.63, 3.8) is 0 Å². The Morgan fingerprint density at radius 2 is 2.12 bits per heavy atom. The first-order chi connectivity index (χ1) is 8.22. The van der Waals surface area contributed by atoms with Gasteiger partial charge in [0.15, 0.2) is 0 Å². The molecule has 1 amide bonds. The summed E-state index contributed by atoms with van der Waals surface area (Å²) in [6, 6.07) is 9.95. The normalized spacial score (nSPS) is 15.9. The number of likely N-dealkylation sites (N-methyl/N-ethyl adjacent to an activating group) is 1. The van der Waals surface area contributed by atoms with E-state index in [-0.39, 0.29) is 5.91 Å². The summed E-state index contributed by atoms with van der Waals surface area (Å²) in [4.78, 5) is 15.5. The second-order valence-corrected chi connectivity index (χ2v) is 4.20. The van der Waals surface area contributed by atoms with Crippen molar-refractivity contribution < 1.29 is 4.79 Å². The topological polar surface area (TPSA) is 47.3 Å². The molecule has 0 bridgehead atoms. The zero-order chi connectivity index (χ0) is 12.3. The van der Waals surface area contributed by atoms with E-state index in [0.717, 1.165) is 24.3 Å². The Bertz CT molecular complexity index is 464. The summed E-state index contributed by atoms with van der Waals surface area (Å²) in [5, 5.41) is 8.79. The number of hydrogen-bond donors (Lipinski definition) is 0. The van der Waals surface area contributed by atoms with Gasteiger partial charge in [-0.05, 0) is 11.6 Å². The number of carbonyl (C=O) groups is 1. The average Bonchev–Trinajstić information content (AvgIpc) is 2.34. The molecule has 0 N–H and O–H groups in total. The second kappa shape index (κ2) is 4.88. The monoisotopic (exact) mass is 229 g/mol. The number of anilines is 1. The maximum Gasteiger partial charge on any atom is 0.241 e. The molecule has 0 radical (unpaired) electrons. The van der Waals surface area contributed by atoms with Crippen molar-refractivity contribution in [2.45, 2.75) is 6.42 Å². The number of amides is 1. The highest BCUT2D eigenvalue weighted by Crippen LogP contribution is 2.22. The van der Waals surface area contributed by atoms with E-state index in [1.54, 1.807) is 4.90 Å². The zero-order valence-electron chi connectivity index (χ0n) is 9.89. The van der Waals surface area contributed by atoms with Crippen LogP contribution < -0.4 is 4.90 Å². The highest BCUT2D eigenvalue weighted by Gasteiger charge is 2.22. The van der Waals surface area contributed by atoms with Crippen LogP contribution in [0.5, 0.6) is 0 Å². The summed E-state index contributed by atoms with van der Waals surface area (Å²) >= 11 is 0. The molecule has 88 valence electrons. The van der Waals surface area contributed by atoms with Crippen LogP contribution in [0.3, 0.4) is 0 Å². The first-order valence-corrected chi connectivity index (χ1v) is 5.66. The van der Waals surface area contributed by atoms with Crippen LogP contribution in [-0.4, -0.2) is 37.5 Å². The smallest absolute Gasteiger partial charge is 0.241 e. The maximum atomic E-state index is 11.7.